The van der Waals surface area contributed by atoms with Gasteiger partial charge in [-0.3, -0.25) is 52.7 Å². The number of aromatic amines is 4. The van der Waals surface area contributed by atoms with Crippen molar-refractivity contribution in [3.05, 3.63) is 178 Å². The lowest BCUT2D eigenvalue weighted by Crippen LogP contribution is -2.64. The van der Waals surface area contributed by atoms with Gasteiger partial charge in [0.2, 0.25) is 59.1 Å². The molecule has 4 aromatic carbocycles. The van der Waals surface area contributed by atoms with E-state index in [1.165, 1.54) is 46.3 Å². The van der Waals surface area contributed by atoms with Gasteiger partial charge < -0.3 is 98.8 Å². The number of piperidine rings is 1. The highest BCUT2D eigenvalue weighted by Crippen LogP contribution is 2.27. The van der Waals surface area contributed by atoms with Crippen molar-refractivity contribution in [2.45, 2.75) is 143 Å². The monoisotopic (exact) mass is 1630 g/mol. The van der Waals surface area contributed by atoms with Crippen LogP contribution in [0.5, 0.6) is 0 Å². The predicted octanol–water partition coefficient (Wildman–Crippen LogP) is 1.29. The van der Waals surface area contributed by atoms with Crippen LogP contribution in [-0.4, -0.2) is 226 Å². The number of carbonyl (C=O) groups is 12. The first-order valence-corrected chi connectivity index (χ1v) is 41.4. The summed E-state index contributed by atoms with van der Waals surface area (Å²) in [6.45, 7) is 5.54. The third-order valence-electron chi connectivity index (χ3n) is 20.2. The molecule has 0 saturated carbocycles. The molecule has 3 aliphatic heterocycles. The van der Waals surface area contributed by atoms with Crippen molar-refractivity contribution in [2.75, 3.05) is 43.3 Å². The van der Waals surface area contributed by atoms with Gasteiger partial charge >= 0.3 is 11.9 Å². The summed E-state index contributed by atoms with van der Waals surface area (Å²) in [5, 5.41) is 68.2. The van der Waals surface area contributed by atoms with Gasteiger partial charge in [-0.05, 0) is 102 Å². The van der Waals surface area contributed by atoms with Crippen molar-refractivity contribution in [1.29, 1.82) is 0 Å². The van der Waals surface area contributed by atoms with Crippen LogP contribution in [0.15, 0.2) is 135 Å². The van der Waals surface area contributed by atoms with Crippen molar-refractivity contribution < 1.29 is 78.0 Å². The molecule has 10 amide bonds. The number of benzene rings is 4. The second kappa shape index (κ2) is 41.2. The maximum atomic E-state index is 15.7. The van der Waals surface area contributed by atoms with Crippen molar-refractivity contribution >= 4 is 151 Å². The number of allylic oxidation sites excluding steroid dienone is 1. The number of aliphatic carboxylic acids is 2. The number of aliphatic hydroxyl groups is 2. The minimum atomic E-state index is -1.76. The third kappa shape index (κ3) is 22.9. The van der Waals surface area contributed by atoms with Gasteiger partial charge in [-0.1, -0.05) is 111 Å². The Labute approximate surface area is 674 Å². The molecule has 8 aromatic rings. The number of carboxylic acid groups (broad SMARTS) is 2. The number of aliphatic hydroxyl groups excluding tert-OH is 2. The zero-order chi connectivity index (χ0) is 82.4. The maximum absolute atomic E-state index is 15.7. The molecule has 31 nitrogen and oxygen atoms in total. The molecule has 34 heteroatoms. The Morgan fingerprint density at radius 3 is 1.66 bits per heavy atom. The van der Waals surface area contributed by atoms with Gasteiger partial charge in [0.1, 0.15) is 60.4 Å². The summed E-state index contributed by atoms with van der Waals surface area (Å²) < 4.78 is 0. The number of para-hydroxylation sites is 3. The van der Waals surface area contributed by atoms with Crippen LogP contribution in [0.25, 0.3) is 44.9 Å². The predicted molar refractivity (Wildman–Crippen MR) is 440 cm³/mol. The number of nitrogens with two attached hydrogens (primary N) is 1. The summed E-state index contributed by atoms with van der Waals surface area (Å²) in [5.74, 6) is -11.4. The highest BCUT2D eigenvalue weighted by molar-refractivity contribution is 7.99. The van der Waals surface area contributed by atoms with Gasteiger partial charge in [0.25, 0.3) is 0 Å². The molecule has 0 aliphatic carbocycles. The van der Waals surface area contributed by atoms with E-state index in [0.29, 0.717) is 49.7 Å². The van der Waals surface area contributed by atoms with E-state index in [2.05, 4.69) is 74.4 Å². The number of hydrogen-bond donors (Lipinski definition) is 18. The highest BCUT2D eigenvalue weighted by atomic mass is 32.2. The summed E-state index contributed by atoms with van der Waals surface area (Å²) in [6, 6.07) is 12.7. The van der Waals surface area contributed by atoms with Crippen LogP contribution in [0.2, 0.25) is 0 Å². The van der Waals surface area contributed by atoms with Gasteiger partial charge in [0, 0.05) is 123 Å². The number of carboxylic acids is 2. The Bertz CT molecular complexity index is 4990. The largest absolute Gasteiger partial charge is 0.481 e. The highest BCUT2D eigenvalue weighted by Gasteiger charge is 2.43. The summed E-state index contributed by atoms with van der Waals surface area (Å²) in [7, 11) is 0. The lowest BCUT2D eigenvalue weighted by molar-refractivity contribution is -0.148. The quantitative estimate of drug-likeness (QED) is 0.0302. The van der Waals surface area contributed by atoms with Crippen LogP contribution in [0.1, 0.15) is 72.9 Å². The second-order valence-corrected chi connectivity index (χ2v) is 31.5. The molecule has 4 unspecified atom stereocenters. The molecule has 0 radical (unpaired) electrons. The summed E-state index contributed by atoms with van der Waals surface area (Å²) >= 11 is 3.82. The van der Waals surface area contributed by atoms with Crippen molar-refractivity contribution in [2.24, 2.45) is 11.7 Å². The Kier molecular flexibility index (Phi) is 30.9. The lowest BCUT2D eigenvalue weighted by Gasteiger charge is -2.41. The van der Waals surface area contributed by atoms with Crippen molar-refractivity contribution in [3.8, 4) is 0 Å². The molecule has 610 valence electrons. The normalized spacial score (nSPS) is 19.9. The van der Waals surface area contributed by atoms with E-state index in [-0.39, 0.29) is 68.2 Å². The molecular formula is C81H97N15O16S3. The number of fused-ring (bicyclic) bond motifs is 19. The molecule has 7 heterocycles. The van der Waals surface area contributed by atoms with E-state index in [4.69, 9.17) is 5.73 Å². The fourth-order valence-electron chi connectivity index (χ4n) is 14.1. The van der Waals surface area contributed by atoms with Gasteiger partial charge in [0.05, 0.1) is 19.3 Å². The van der Waals surface area contributed by atoms with Crippen LogP contribution in [0.4, 0.5) is 0 Å². The number of aromatic nitrogens is 4. The summed E-state index contributed by atoms with van der Waals surface area (Å²) in [6.07, 6.45) is 11.8. The number of nitrogens with one attached hydrogen (secondary N) is 13. The smallest absolute Gasteiger partial charge is 0.328 e. The van der Waals surface area contributed by atoms with Crippen molar-refractivity contribution in [1.82, 2.24) is 72.7 Å². The third-order valence-corrected chi connectivity index (χ3v) is 23.0. The van der Waals surface area contributed by atoms with Crippen LogP contribution in [-0.2, 0) is 94.7 Å². The molecule has 1 fully saturated rings. The van der Waals surface area contributed by atoms with Crippen molar-refractivity contribution in [3.63, 3.8) is 0 Å². The maximum Gasteiger partial charge on any atom is 0.328 e. The molecular weight excluding hydrogens is 1540 g/mol. The minimum Gasteiger partial charge on any atom is -0.481 e. The first-order valence-electron chi connectivity index (χ1n) is 37.7. The number of H-pyrrole nitrogens is 4. The van der Waals surface area contributed by atoms with Gasteiger partial charge in [-0.15, -0.1) is 0 Å². The van der Waals surface area contributed by atoms with Gasteiger partial charge in [-0.25, -0.2) is 4.79 Å². The summed E-state index contributed by atoms with van der Waals surface area (Å²) in [4.78, 5) is 187. The second-order valence-electron chi connectivity index (χ2n) is 28.5. The topological polar surface area (TPSA) is 486 Å². The number of thioether (sulfide) groups is 3. The average Bonchev–Trinajstić information content (AvgIpc) is 1.79. The number of rotatable bonds is 30. The number of carbonyl (C=O) groups excluding carboxylic acids is 10. The molecule has 1 saturated heterocycles. The van der Waals surface area contributed by atoms with E-state index < -0.39 is 164 Å². The van der Waals surface area contributed by atoms with E-state index in [1.807, 2.05) is 66.7 Å². The standard InChI is InChI=1S/C81H97N15O16S3/c1-5-13-51-48(34-83-56(51)6-2)30-62(89-72(102)60(24-25-70(99)100)87-73(103)61(31-49-35-85-58-18-11-8-15-53(49)58)88-71(101)55(82)29-47-33-84-57-17-10-7-14-52(47)57)74(104)90-63(32-50-36-86-59-19-12-9-16-54(50)59)75(105)94-67-42-114-40-45-20-22-46(23-21-45)41-115-43-68(78(108)93-66(39-98)81(111)112)95-79(109)69(26-27-113-4)96-37-44(3)28-64(80(96)110)91-76(106)65(38-97)92-77(67)107/h5-23,33-36,44,55,60-69,83-86,97-98H,1,24-32,37-43,82H2,2-4H3,(H,87,103)(H,88,101)(H,89,102)(H,90,104)(H,91,106)(H,92,107)(H,93,108)(H,94,105)(H,95,109)(H,99,100)(H,111,112)/b51-13-,56-6+/t44?,55?,60-,61-,62-,63-,64?,65-,66-,67?,68-,69-/m0/s1. The number of hydrogen-bond acceptors (Lipinski definition) is 18. The van der Waals surface area contributed by atoms with E-state index in [0.717, 1.165) is 38.5 Å². The van der Waals surface area contributed by atoms with E-state index in [1.54, 1.807) is 87.4 Å². The van der Waals surface area contributed by atoms with Gasteiger partial charge in [0.15, 0.2) is 0 Å². The average molecular weight is 1630 g/mol. The number of amides is 10. The Hall–Kier alpha value is -11.2. The number of nitrogens with zero attached hydrogens (tertiary/aromatic N) is 1. The van der Waals surface area contributed by atoms with E-state index >= 15 is 24.0 Å². The fraction of sp³-hybridized carbons (Fsp3) is 0.383. The molecule has 19 N–H and O–H groups in total. The van der Waals surface area contributed by atoms with E-state index in [9.17, 15) is 54.0 Å². The SMILES string of the molecule is C=C/C=c1/c(C[C@H](NC(=O)[C@H](CCC(=O)O)NC(=O)[C@H](Cc2c[nH]c3ccccc23)NC(=O)C(N)Cc2c[nH]c3ccccc23)C(=O)N[C@@H](Cc2c[nH]c3ccccc23)C(=O)NC2CSCc3ccc(cc3)CSC[C@@H](C(=O)N[C@@H](CO)C(=O)O)NC(=O)[C@H](CCSC)N3CC(C)CC(NC(=O)[C@H](CO)NC2=O)C3=O)c[nH]/c1=C/C. The molecule has 3 aliphatic rings. The Morgan fingerprint density at radius 2 is 1.13 bits per heavy atom. The zero-order valence-corrected chi connectivity index (χ0v) is 66.1. The molecule has 4 bridgehead atoms. The fourth-order valence-corrected chi connectivity index (χ4v) is 16.5. The van der Waals surface area contributed by atoms with Gasteiger partial charge in [-0.2, -0.15) is 35.3 Å². The van der Waals surface area contributed by atoms with Crippen LogP contribution < -0.4 is 64.2 Å². The summed E-state index contributed by atoms with van der Waals surface area (Å²) in [5.41, 5.74) is 12.7. The molecule has 12 atom stereocenters. The van der Waals surface area contributed by atoms with Crippen LogP contribution in [0, 0.1) is 5.92 Å². The molecule has 0 spiro atoms. The molecule has 4 aromatic heterocycles. The Balaban J connectivity index is 0.956. The molecule has 115 heavy (non-hydrogen) atoms. The molecule has 11 rings (SSSR count). The minimum absolute atomic E-state index is 0.0417. The first-order chi connectivity index (χ1) is 55.4. The van der Waals surface area contributed by atoms with Crippen LogP contribution >= 0.6 is 35.3 Å². The van der Waals surface area contributed by atoms with Crippen LogP contribution in [0.3, 0.4) is 0 Å². The first kappa shape index (κ1) is 86.2. The lowest BCUT2D eigenvalue weighted by atomic mass is 9.92. The Morgan fingerprint density at radius 1 is 0.617 bits per heavy atom. The zero-order valence-electron chi connectivity index (χ0n) is 63.7.